The lowest BCUT2D eigenvalue weighted by molar-refractivity contribution is -0.136. The normalized spacial score (nSPS) is 12.7. The molecule has 0 radical (unpaired) electrons. The molecule has 0 amide bonds. The molecule has 1 N–H and O–H groups in total. The van der Waals surface area contributed by atoms with Crippen molar-refractivity contribution in [2.24, 2.45) is 0 Å². The molecule has 0 heterocycles. The van der Waals surface area contributed by atoms with Crippen LogP contribution in [0.15, 0.2) is 24.3 Å². The van der Waals surface area contributed by atoms with E-state index < -0.39 is 5.97 Å². The Bertz CT molecular complexity index is 395. The van der Waals surface area contributed by atoms with Crippen LogP contribution in [0, 0.1) is 0 Å². The maximum absolute atomic E-state index is 10.8. The zero-order valence-corrected chi connectivity index (χ0v) is 12.0. The van der Waals surface area contributed by atoms with Gasteiger partial charge < -0.3 is 5.11 Å². The smallest absolute Gasteiger partial charge is 0.307 e. The van der Waals surface area contributed by atoms with Crippen LogP contribution >= 0.6 is 11.8 Å². The van der Waals surface area contributed by atoms with Gasteiger partial charge in [-0.3, -0.25) is 9.69 Å². The lowest BCUT2D eigenvalue weighted by Gasteiger charge is -2.25. The van der Waals surface area contributed by atoms with Crippen LogP contribution in [0.2, 0.25) is 0 Å². The minimum absolute atomic E-state index is 0.0981. The lowest BCUT2D eigenvalue weighted by Crippen LogP contribution is -2.30. The van der Waals surface area contributed by atoms with Gasteiger partial charge in [-0.2, -0.15) is 11.8 Å². The highest BCUT2D eigenvalue weighted by molar-refractivity contribution is 7.98. The van der Waals surface area contributed by atoms with Gasteiger partial charge in [0.25, 0.3) is 0 Å². The number of thioether (sulfide) groups is 1. The highest BCUT2D eigenvalue weighted by Crippen LogP contribution is 2.14. The second kappa shape index (κ2) is 7.44. The Kier molecular flexibility index (Phi) is 6.22. The van der Waals surface area contributed by atoms with Crippen LogP contribution in [0.4, 0.5) is 0 Å². The quantitative estimate of drug-likeness (QED) is 0.824. The highest BCUT2D eigenvalue weighted by atomic mass is 32.2. The van der Waals surface area contributed by atoms with Crippen molar-refractivity contribution in [3.8, 4) is 0 Å². The average Bonchev–Trinajstić information content (AvgIpc) is 2.31. The Morgan fingerprint density at radius 1 is 1.39 bits per heavy atom. The number of benzene rings is 1. The number of rotatable bonds is 7. The number of nitrogens with zero attached hydrogens (tertiary/aromatic N) is 1. The molecule has 0 aliphatic heterocycles. The summed E-state index contributed by atoms with van der Waals surface area (Å²) >= 11 is 1.83. The van der Waals surface area contributed by atoms with Gasteiger partial charge in [0.1, 0.15) is 0 Å². The standard InChI is InChI=1S/C14H21NO2S/c1-11(10-18-3)15(2)9-13-7-5-4-6-12(13)8-14(16)17/h4-7,11H,8-10H2,1-3H3,(H,16,17). The molecule has 0 aromatic heterocycles. The molecule has 1 atom stereocenters. The Morgan fingerprint density at radius 2 is 2.00 bits per heavy atom. The molecule has 18 heavy (non-hydrogen) atoms. The lowest BCUT2D eigenvalue weighted by atomic mass is 10.0. The first-order valence-electron chi connectivity index (χ1n) is 6.02. The Morgan fingerprint density at radius 3 is 2.56 bits per heavy atom. The zero-order valence-electron chi connectivity index (χ0n) is 11.2. The Labute approximate surface area is 113 Å². The largest absolute Gasteiger partial charge is 0.481 e. The second-order valence-corrected chi connectivity index (χ2v) is 5.47. The Balaban J connectivity index is 2.74. The molecule has 1 aromatic carbocycles. The molecule has 3 nitrogen and oxygen atoms in total. The SMILES string of the molecule is CSCC(C)N(C)Cc1ccccc1CC(=O)O. The first-order valence-corrected chi connectivity index (χ1v) is 7.41. The molecular formula is C14H21NO2S. The van der Waals surface area contributed by atoms with Gasteiger partial charge in [0.15, 0.2) is 0 Å². The van der Waals surface area contributed by atoms with Gasteiger partial charge in [-0.05, 0) is 31.4 Å². The monoisotopic (exact) mass is 267 g/mol. The average molecular weight is 267 g/mol. The maximum Gasteiger partial charge on any atom is 0.307 e. The van der Waals surface area contributed by atoms with Crippen molar-refractivity contribution in [2.75, 3.05) is 19.1 Å². The Hall–Kier alpha value is -1.00. The van der Waals surface area contributed by atoms with Gasteiger partial charge in [0.2, 0.25) is 0 Å². The summed E-state index contributed by atoms with van der Waals surface area (Å²) in [6.07, 6.45) is 2.20. The van der Waals surface area contributed by atoms with Crippen molar-refractivity contribution in [3.05, 3.63) is 35.4 Å². The van der Waals surface area contributed by atoms with Crippen LogP contribution in [0.5, 0.6) is 0 Å². The summed E-state index contributed by atoms with van der Waals surface area (Å²) in [5.74, 6) is 0.305. The molecule has 0 bridgehead atoms. The molecular weight excluding hydrogens is 246 g/mol. The van der Waals surface area contributed by atoms with E-state index in [2.05, 4.69) is 25.1 Å². The van der Waals surface area contributed by atoms with Crippen molar-refractivity contribution in [2.45, 2.75) is 25.9 Å². The van der Waals surface area contributed by atoms with Crippen LogP contribution in [-0.4, -0.2) is 41.1 Å². The summed E-state index contributed by atoms with van der Waals surface area (Å²) in [5.41, 5.74) is 2.02. The zero-order chi connectivity index (χ0) is 13.5. The molecule has 1 rings (SSSR count). The molecule has 0 saturated heterocycles. The van der Waals surface area contributed by atoms with Gasteiger partial charge in [-0.25, -0.2) is 0 Å². The number of carboxylic acids is 1. The van der Waals surface area contributed by atoms with E-state index in [0.717, 1.165) is 23.4 Å². The minimum atomic E-state index is -0.776. The molecule has 4 heteroatoms. The van der Waals surface area contributed by atoms with Crippen LogP contribution in [0.3, 0.4) is 0 Å². The number of carboxylic acid groups (broad SMARTS) is 1. The van der Waals surface area contributed by atoms with Gasteiger partial charge in [-0.1, -0.05) is 24.3 Å². The topological polar surface area (TPSA) is 40.5 Å². The van der Waals surface area contributed by atoms with E-state index in [0.29, 0.717) is 6.04 Å². The third kappa shape index (κ3) is 4.70. The predicted octanol–water partition coefficient (Wildman–Crippen LogP) is 2.50. The number of carbonyl (C=O) groups is 1. The first-order chi connectivity index (χ1) is 8.54. The fraction of sp³-hybridized carbons (Fsp3) is 0.500. The number of hydrogen-bond donors (Lipinski definition) is 1. The van der Waals surface area contributed by atoms with E-state index in [1.165, 1.54) is 0 Å². The van der Waals surface area contributed by atoms with Gasteiger partial charge in [0.05, 0.1) is 6.42 Å². The summed E-state index contributed by atoms with van der Waals surface area (Å²) in [5, 5.41) is 8.90. The summed E-state index contributed by atoms with van der Waals surface area (Å²) in [6.45, 7) is 2.99. The predicted molar refractivity (Wildman–Crippen MR) is 77.1 cm³/mol. The third-order valence-electron chi connectivity index (χ3n) is 3.04. The van der Waals surface area contributed by atoms with E-state index in [1.54, 1.807) is 0 Å². The molecule has 0 spiro atoms. The van der Waals surface area contributed by atoms with E-state index in [9.17, 15) is 4.79 Å². The molecule has 0 fully saturated rings. The molecule has 1 aromatic rings. The molecule has 0 aliphatic rings. The second-order valence-electron chi connectivity index (χ2n) is 4.56. The maximum atomic E-state index is 10.8. The van der Waals surface area contributed by atoms with Crippen molar-refractivity contribution < 1.29 is 9.90 Å². The van der Waals surface area contributed by atoms with E-state index >= 15 is 0 Å². The van der Waals surface area contributed by atoms with E-state index in [-0.39, 0.29) is 6.42 Å². The summed E-state index contributed by atoms with van der Waals surface area (Å²) in [4.78, 5) is 13.1. The third-order valence-corrected chi connectivity index (χ3v) is 3.86. The summed E-state index contributed by atoms with van der Waals surface area (Å²) < 4.78 is 0. The highest BCUT2D eigenvalue weighted by Gasteiger charge is 2.12. The van der Waals surface area contributed by atoms with Gasteiger partial charge in [-0.15, -0.1) is 0 Å². The molecule has 100 valence electrons. The van der Waals surface area contributed by atoms with Crippen molar-refractivity contribution in [3.63, 3.8) is 0 Å². The van der Waals surface area contributed by atoms with Crippen LogP contribution in [0.1, 0.15) is 18.1 Å². The fourth-order valence-corrected chi connectivity index (χ4v) is 2.58. The van der Waals surface area contributed by atoms with Crippen LogP contribution < -0.4 is 0 Å². The van der Waals surface area contributed by atoms with Crippen LogP contribution in [-0.2, 0) is 17.8 Å². The number of aliphatic carboxylic acids is 1. The van der Waals surface area contributed by atoms with Crippen LogP contribution in [0.25, 0.3) is 0 Å². The molecule has 0 saturated carbocycles. The van der Waals surface area contributed by atoms with Crippen molar-refractivity contribution in [1.82, 2.24) is 4.90 Å². The molecule has 1 unspecified atom stereocenters. The first kappa shape index (κ1) is 15.1. The molecule has 0 aliphatic carbocycles. The minimum Gasteiger partial charge on any atom is -0.481 e. The number of hydrogen-bond acceptors (Lipinski definition) is 3. The van der Waals surface area contributed by atoms with Crippen molar-refractivity contribution >= 4 is 17.7 Å². The van der Waals surface area contributed by atoms with Crippen molar-refractivity contribution in [1.29, 1.82) is 0 Å². The van der Waals surface area contributed by atoms with E-state index in [1.807, 2.05) is 36.0 Å². The summed E-state index contributed by atoms with van der Waals surface area (Å²) in [6, 6.07) is 8.26. The summed E-state index contributed by atoms with van der Waals surface area (Å²) in [7, 11) is 2.08. The van der Waals surface area contributed by atoms with Gasteiger partial charge >= 0.3 is 5.97 Å². The van der Waals surface area contributed by atoms with Gasteiger partial charge in [0, 0.05) is 18.3 Å². The fourth-order valence-electron chi connectivity index (χ4n) is 1.84. The van der Waals surface area contributed by atoms with E-state index in [4.69, 9.17) is 5.11 Å².